The van der Waals surface area contributed by atoms with Crippen LogP contribution in [0, 0.1) is 0 Å². The van der Waals surface area contributed by atoms with Gasteiger partial charge < -0.3 is 10.1 Å². The van der Waals surface area contributed by atoms with Crippen LogP contribution in [-0.2, 0) is 11.3 Å². The zero-order valence-corrected chi connectivity index (χ0v) is 19.0. The number of nitrogens with one attached hydrogen (secondary N) is 1. The van der Waals surface area contributed by atoms with E-state index in [-0.39, 0.29) is 12.1 Å². The van der Waals surface area contributed by atoms with E-state index >= 15 is 0 Å². The van der Waals surface area contributed by atoms with Crippen LogP contribution in [0.25, 0.3) is 11.0 Å². The standard InChI is InChI=1S/C25H33N5O/c1-5-11-19(12-6-2)28-23-20-16-27-30(7-3)24(20)26-15-21(23)25-29-22(17(4)31-25)18-13-9-8-10-14-18/h8-10,13-17,19,22H,5-7,11-12H2,1-4H3,(H,26,28)/t17-,22-/m1/s1. The molecule has 164 valence electrons. The Morgan fingerprint density at radius 2 is 1.81 bits per heavy atom. The van der Waals surface area contributed by atoms with Crippen LogP contribution in [0.5, 0.6) is 0 Å². The van der Waals surface area contributed by atoms with Gasteiger partial charge in [-0.25, -0.2) is 14.7 Å². The summed E-state index contributed by atoms with van der Waals surface area (Å²) in [7, 11) is 0. The van der Waals surface area contributed by atoms with Crippen molar-refractivity contribution in [3.05, 3.63) is 53.9 Å². The van der Waals surface area contributed by atoms with Gasteiger partial charge in [-0.2, -0.15) is 5.10 Å². The van der Waals surface area contributed by atoms with Gasteiger partial charge in [0.05, 0.1) is 22.8 Å². The summed E-state index contributed by atoms with van der Waals surface area (Å²) in [5.41, 5.74) is 4.02. The van der Waals surface area contributed by atoms with E-state index in [9.17, 15) is 0 Å². The van der Waals surface area contributed by atoms with Crippen molar-refractivity contribution in [2.45, 2.75) is 78.1 Å². The number of fused-ring (bicyclic) bond motifs is 1. The fraction of sp³-hybridized carbons (Fsp3) is 0.480. The molecule has 6 heteroatoms. The monoisotopic (exact) mass is 419 g/mol. The number of anilines is 1. The van der Waals surface area contributed by atoms with Crippen LogP contribution in [-0.4, -0.2) is 32.8 Å². The summed E-state index contributed by atoms with van der Waals surface area (Å²) in [5.74, 6) is 0.661. The molecule has 31 heavy (non-hydrogen) atoms. The number of hydrogen-bond acceptors (Lipinski definition) is 5. The minimum Gasteiger partial charge on any atom is -0.472 e. The summed E-state index contributed by atoms with van der Waals surface area (Å²) in [6.07, 6.45) is 8.30. The molecule has 1 aliphatic rings. The molecule has 3 heterocycles. The van der Waals surface area contributed by atoms with Gasteiger partial charge in [0.2, 0.25) is 5.90 Å². The number of hydrogen-bond donors (Lipinski definition) is 1. The van der Waals surface area contributed by atoms with Gasteiger partial charge in [0.1, 0.15) is 12.1 Å². The van der Waals surface area contributed by atoms with Crippen LogP contribution in [0.4, 0.5) is 5.69 Å². The molecule has 0 amide bonds. The molecule has 1 aromatic carbocycles. The lowest BCUT2D eigenvalue weighted by Crippen LogP contribution is -2.21. The highest BCUT2D eigenvalue weighted by Gasteiger charge is 2.31. The van der Waals surface area contributed by atoms with Crippen LogP contribution in [0.3, 0.4) is 0 Å². The highest BCUT2D eigenvalue weighted by atomic mass is 16.5. The van der Waals surface area contributed by atoms with Crippen molar-refractivity contribution in [2.75, 3.05) is 5.32 Å². The molecule has 6 nitrogen and oxygen atoms in total. The Kier molecular flexibility index (Phi) is 6.54. The molecule has 0 aliphatic carbocycles. The number of aromatic nitrogens is 3. The second-order valence-electron chi connectivity index (χ2n) is 8.28. The van der Waals surface area contributed by atoms with E-state index in [1.165, 1.54) is 5.56 Å². The smallest absolute Gasteiger partial charge is 0.220 e. The number of ether oxygens (including phenoxy) is 1. The fourth-order valence-corrected chi connectivity index (χ4v) is 4.40. The van der Waals surface area contributed by atoms with Gasteiger partial charge in [-0.05, 0) is 32.3 Å². The third kappa shape index (κ3) is 4.29. The number of pyridine rings is 1. The summed E-state index contributed by atoms with van der Waals surface area (Å²) < 4.78 is 8.22. The Bertz CT molecular complexity index is 1040. The molecular weight excluding hydrogens is 386 g/mol. The number of nitrogens with zero attached hydrogens (tertiary/aromatic N) is 4. The van der Waals surface area contributed by atoms with E-state index in [0.717, 1.165) is 54.5 Å². The Morgan fingerprint density at radius 3 is 2.48 bits per heavy atom. The van der Waals surface area contributed by atoms with Gasteiger partial charge in [0.15, 0.2) is 5.65 Å². The molecule has 1 aliphatic heterocycles. The largest absolute Gasteiger partial charge is 0.472 e. The predicted octanol–water partition coefficient (Wildman–Crippen LogP) is 5.74. The fourth-order valence-electron chi connectivity index (χ4n) is 4.40. The normalized spacial score (nSPS) is 18.4. The maximum absolute atomic E-state index is 6.28. The quantitative estimate of drug-likeness (QED) is 0.480. The molecule has 0 bridgehead atoms. The van der Waals surface area contributed by atoms with E-state index in [4.69, 9.17) is 14.7 Å². The first-order chi connectivity index (χ1) is 15.2. The topological polar surface area (TPSA) is 64.3 Å². The molecule has 3 aromatic rings. The molecular formula is C25H33N5O. The first-order valence-electron chi connectivity index (χ1n) is 11.6. The molecule has 0 radical (unpaired) electrons. The molecule has 0 saturated carbocycles. The van der Waals surface area contributed by atoms with E-state index in [2.05, 4.69) is 62.4 Å². The Balaban J connectivity index is 1.78. The van der Waals surface area contributed by atoms with Gasteiger partial charge in [0.25, 0.3) is 0 Å². The zero-order valence-electron chi connectivity index (χ0n) is 19.0. The third-order valence-electron chi connectivity index (χ3n) is 5.96. The highest BCUT2D eigenvalue weighted by Crippen LogP contribution is 2.35. The summed E-state index contributed by atoms with van der Waals surface area (Å²) in [6.45, 7) is 9.42. The van der Waals surface area contributed by atoms with Gasteiger partial charge in [-0.3, -0.25) is 0 Å². The molecule has 4 rings (SSSR count). The summed E-state index contributed by atoms with van der Waals surface area (Å²) in [4.78, 5) is 9.73. The second kappa shape index (κ2) is 9.50. The Morgan fingerprint density at radius 1 is 1.06 bits per heavy atom. The van der Waals surface area contributed by atoms with Crippen molar-refractivity contribution in [1.82, 2.24) is 14.8 Å². The first kappa shape index (κ1) is 21.3. The summed E-state index contributed by atoms with van der Waals surface area (Å²) >= 11 is 0. The summed E-state index contributed by atoms with van der Waals surface area (Å²) in [5, 5.41) is 9.40. The zero-order chi connectivity index (χ0) is 21.8. The van der Waals surface area contributed by atoms with Crippen molar-refractivity contribution >= 4 is 22.6 Å². The van der Waals surface area contributed by atoms with Gasteiger partial charge >= 0.3 is 0 Å². The van der Waals surface area contributed by atoms with Crippen molar-refractivity contribution in [2.24, 2.45) is 4.99 Å². The molecule has 2 aromatic heterocycles. The van der Waals surface area contributed by atoms with Crippen LogP contribution >= 0.6 is 0 Å². The van der Waals surface area contributed by atoms with Crippen LogP contribution < -0.4 is 5.32 Å². The number of benzene rings is 1. The van der Waals surface area contributed by atoms with E-state index in [1.54, 1.807) is 0 Å². The van der Waals surface area contributed by atoms with E-state index < -0.39 is 0 Å². The van der Waals surface area contributed by atoms with E-state index in [1.807, 2.05) is 23.1 Å². The number of rotatable bonds is 9. The van der Waals surface area contributed by atoms with Gasteiger partial charge in [-0.1, -0.05) is 57.0 Å². The van der Waals surface area contributed by atoms with Crippen molar-refractivity contribution in [1.29, 1.82) is 0 Å². The molecule has 0 spiro atoms. The minimum absolute atomic E-state index is 0.0137. The lowest BCUT2D eigenvalue weighted by atomic mass is 10.0. The van der Waals surface area contributed by atoms with Gasteiger partial charge in [0, 0.05) is 18.8 Å². The maximum Gasteiger partial charge on any atom is 0.220 e. The summed E-state index contributed by atoms with van der Waals surface area (Å²) in [6, 6.07) is 10.7. The predicted molar refractivity (Wildman–Crippen MR) is 127 cm³/mol. The lowest BCUT2D eigenvalue weighted by molar-refractivity contribution is 0.214. The van der Waals surface area contributed by atoms with Crippen molar-refractivity contribution in [3.63, 3.8) is 0 Å². The molecule has 1 N–H and O–H groups in total. The molecule has 2 atom stereocenters. The lowest BCUT2D eigenvalue weighted by Gasteiger charge is -2.21. The van der Waals surface area contributed by atoms with Crippen LogP contribution in [0.15, 0.2) is 47.7 Å². The van der Waals surface area contributed by atoms with Crippen LogP contribution in [0.1, 0.15) is 70.5 Å². The SMILES string of the molecule is CCCC(CCC)Nc1c(C2=N[C@@H](c3ccccc3)[C@@H](C)O2)cnc2c1cnn2CC. The Labute approximate surface area is 184 Å². The minimum atomic E-state index is -0.0265. The number of aliphatic imine (C=N–C) groups is 1. The second-order valence-corrected chi connectivity index (χ2v) is 8.28. The van der Waals surface area contributed by atoms with E-state index in [0.29, 0.717) is 11.9 Å². The average Bonchev–Trinajstić information content (AvgIpc) is 3.38. The Hall–Kier alpha value is -2.89. The van der Waals surface area contributed by atoms with Crippen LogP contribution in [0.2, 0.25) is 0 Å². The van der Waals surface area contributed by atoms with Crippen molar-refractivity contribution < 1.29 is 4.74 Å². The first-order valence-corrected chi connectivity index (χ1v) is 11.6. The molecule has 0 fully saturated rings. The number of aryl methyl sites for hydroxylation is 1. The van der Waals surface area contributed by atoms with Gasteiger partial charge in [-0.15, -0.1) is 0 Å². The molecule has 0 unspecified atom stereocenters. The molecule has 0 saturated heterocycles. The average molecular weight is 420 g/mol. The third-order valence-corrected chi connectivity index (χ3v) is 5.96. The maximum atomic E-state index is 6.28. The highest BCUT2D eigenvalue weighted by molar-refractivity contribution is 6.07. The van der Waals surface area contributed by atoms with Crippen molar-refractivity contribution in [3.8, 4) is 0 Å².